The van der Waals surface area contributed by atoms with Crippen molar-refractivity contribution in [2.45, 2.75) is 36.9 Å². The molecule has 3 heterocycles. The van der Waals surface area contributed by atoms with Crippen molar-refractivity contribution in [3.05, 3.63) is 22.4 Å². The molecule has 0 aliphatic carbocycles. The molecule has 0 radical (unpaired) electrons. The first-order valence-corrected chi connectivity index (χ1v) is 8.62. The molecule has 2 fully saturated rings. The zero-order chi connectivity index (χ0) is 15.6. The average molecular weight is 325 g/mol. The molecule has 0 aromatic carbocycles. The molecular weight excluding hydrogens is 302 g/mol. The Balaban J connectivity index is 1.62. The highest BCUT2D eigenvalue weighted by Gasteiger charge is 2.47. The molecule has 0 bridgehead atoms. The highest BCUT2D eigenvalue weighted by molar-refractivity contribution is 7.12. The third kappa shape index (κ3) is 3.20. The van der Waals surface area contributed by atoms with Crippen LogP contribution in [-0.4, -0.2) is 60.5 Å². The number of ether oxygens (including phenoxy) is 2. The molecule has 122 valence electrons. The molecule has 2 saturated heterocycles. The van der Waals surface area contributed by atoms with Gasteiger partial charge in [0, 0.05) is 33.0 Å². The Labute approximate surface area is 134 Å². The van der Waals surface area contributed by atoms with E-state index in [9.17, 15) is 9.90 Å². The van der Waals surface area contributed by atoms with E-state index in [-0.39, 0.29) is 11.5 Å². The molecule has 1 atom stereocenters. The molecule has 1 amide bonds. The van der Waals surface area contributed by atoms with Gasteiger partial charge in [0.25, 0.3) is 5.91 Å². The predicted molar refractivity (Wildman–Crippen MR) is 84.2 cm³/mol. The highest BCUT2D eigenvalue weighted by atomic mass is 32.1. The van der Waals surface area contributed by atoms with Gasteiger partial charge >= 0.3 is 0 Å². The van der Waals surface area contributed by atoms with Crippen molar-refractivity contribution in [2.75, 3.05) is 33.4 Å². The molecule has 2 aliphatic heterocycles. The fourth-order valence-electron chi connectivity index (χ4n) is 3.58. The summed E-state index contributed by atoms with van der Waals surface area (Å²) in [5.41, 5.74) is -1.11. The van der Waals surface area contributed by atoms with Crippen LogP contribution in [0.2, 0.25) is 0 Å². The second kappa shape index (κ2) is 6.28. The van der Waals surface area contributed by atoms with Crippen molar-refractivity contribution >= 4 is 17.2 Å². The lowest BCUT2D eigenvalue weighted by Crippen LogP contribution is -2.56. The Kier molecular flexibility index (Phi) is 4.54. The summed E-state index contributed by atoms with van der Waals surface area (Å²) in [5.74, 6) is 0.104. The van der Waals surface area contributed by atoms with Crippen molar-refractivity contribution in [3.8, 4) is 0 Å². The van der Waals surface area contributed by atoms with E-state index in [0.717, 1.165) is 17.7 Å². The molecule has 1 unspecified atom stereocenters. The molecule has 5 nitrogen and oxygen atoms in total. The highest BCUT2D eigenvalue weighted by Crippen LogP contribution is 2.40. The van der Waals surface area contributed by atoms with Gasteiger partial charge in [0.15, 0.2) is 0 Å². The first-order chi connectivity index (χ1) is 10.6. The molecule has 0 saturated carbocycles. The van der Waals surface area contributed by atoms with E-state index in [4.69, 9.17) is 9.47 Å². The first-order valence-electron chi connectivity index (χ1n) is 7.74. The summed E-state index contributed by atoms with van der Waals surface area (Å²) in [5, 5.41) is 12.6. The minimum Gasteiger partial charge on any atom is -0.387 e. The Hall–Kier alpha value is -0.950. The summed E-state index contributed by atoms with van der Waals surface area (Å²) in [6, 6.07) is 3.77. The second-order valence-corrected chi connectivity index (χ2v) is 7.33. The van der Waals surface area contributed by atoms with Gasteiger partial charge in [-0.1, -0.05) is 6.07 Å². The minimum atomic E-state index is -0.799. The molecule has 3 rings (SSSR count). The lowest BCUT2D eigenvalue weighted by Gasteiger charge is -2.48. The van der Waals surface area contributed by atoms with Gasteiger partial charge in [-0.2, -0.15) is 0 Å². The van der Waals surface area contributed by atoms with Crippen molar-refractivity contribution < 1.29 is 19.4 Å². The van der Waals surface area contributed by atoms with Crippen molar-refractivity contribution in [2.24, 2.45) is 0 Å². The largest absolute Gasteiger partial charge is 0.387 e. The molecule has 6 heteroatoms. The van der Waals surface area contributed by atoms with Gasteiger partial charge in [0.05, 0.1) is 29.3 Å². The third-order valence-corrected chi connectivity index (χ3v) is 5.59. The van der Waals surface area contributed by atoms with Gasteiger partial charge < -0.3 is 19.5 Å². The van der Waals surface area contributed by atoms with E-state index in [2.05, 4.69) is 0 Å². The van der Waals surface area contributed by atoms with Crippen LogP contribution >= 0.6 is 11.3 Å². The van der Waals surface area contributed by atoms with Crippen LogP contribution in [-0.2, 0) is 9.47 Å². The molecule has 1 aromatic heterocycles. The Morgan fingerprint density at radius 2 is 2.23 bits per heavy atom. The number of likely N-dealkylation sites (tertiary alicyclic amines) is 1. The zero-order valence-electron chi connectivity index (χ0n) is 12.9. The standard InChI is InChI=1S/C16H23NO4S/c1-20-12-15(19)6-9-21-16(11-15)4-7-17(8-5-16)14(18)13-3-2-10-22-13/h2-3,10,19H,4-9,11-12H2,1H3. The summed E-state index contributed by atoms with van der Waals surface area (Å²) < 4.78 is 11.2. The number of aliphatic hydroxyl groups is 1. The summed E-state index contributed by atoms with van der Waals surface area (Å²) in [4.78, 5) is 15.1. The van der Waals surface area contributed by atoms with Crippen molar-refractivity contribution in [1.82, 2.24) is 4.90 Å². The van der Waals surface area contributed by atoms with Crippen LogP contribution in [0, 0.1) is 0 Å². The van der Waals surface area contributed by atoms with Crippen LogP contribution in [0.1, 0.15) is 35.4 Å². The van der Waals surface area contributed by atoms with Gasteiger partial charge in [-0.05, 0) is 24.3 Å². The van der Waals surface area contributed by atoms with Crippen LogP contribution in [0.3, 0.4) is 0 Å². The molecule has 22 heavy (non-hydrogen) atoms. The molecular formula is C16H23NO4S. The van der Waals surface area contributed by atoms with Gasteiger partial charge in [0.2, 0.25) is 0 Å². The topological polar surface area (TPSA) is 59.0 Å². The maximum atomic E-state index is 12.4. The van der Waals surface area contributed by atoms with Crippen molar-refractivity contribution in [3.63, 3.8) is 0 Å². The van der Waals surface area contributed by atoms with Crippen molar-refractivity contribution in [1.29, 1.82) is 0 Å². The maximum Gasteiger partial charge on any atom is 0.263 e. The quantitative estimate of drug-likeness (QED) is 0.922. The average Bonchev–Trinajstić information content (AvgIpc) is 3.01. The maximum absolute atomic E-state index is 12.4. The van der Waals surface area contributed by atoms with E-state index >= 15 is 0 Å². The number of carbonyl (C=O) groups is 1. The zero-order valence-corrected chi connectivity index (χ0v) is 13.7. The lowest BCUT2D eigenvalue weighted by molar-refractivity contribution is -0.189. The van der Waals surface area contributed by atoms with E-state index < -0.39 is 5.60 Å². The number of amides is 1. The van der Waals surface area contributed by atoms with Gasteiger partial charge in [-0.25, -0.2) is 0 Å². The number of hydrogen-bond acceptors (Lipinski definition) is 5. The monoisotopic (exact) mass is 325 g/mol. The summed E-state index contributed by atoms with van der Waals surface area (Å²) in [7, 11) is 1.61. The molecule has 1 spiro atoms. The summed E-state index contributed by atoms with van der Waals surface area (Å²) >= 11 is 1.48. The Morgan fingerprint density at radius 1 is 1.45 bits per heavy atom. The smallest absolute Gasteiger partial charge is 0.263 e. The Bertz CT molecular complexity index is 506. The van der Waals surface area contributed by atoms with Crippen LogP contribution in [0.15, 0.2) is 17.5 Å². The predicted octanol–water partition coefficient (Wildman–Crippen LogP) is 1.91. The number of piperidine rings is 1. The first kappa shape index (κ1) is 15.9. The number of methoxy groups -OCH3 is 1. The Morgan fingerprint density at radius 3 is 2.86 bits per heavy atom. The molecule has 1 aromatic rings. The summed E-state index contributed by atoms with van der Waals surface area (Å²) in [6.07, 6.45) is 2.75. The van der Waals surface area contributed by atoms with Gasteiger partial charge in [-0.3, -0.25) is 4.79 Å². The fourth-order valence-corrected chi connectivity index (χ4v) is 4.27. The molecule has 2 aliphatic rings. The normalized spacial score (nSPS) is 28.0. The lowest BCUT2D eigenvalue weighted by atomic mass is 9.77. The van der Waals surface area contributed by atoms with Crippen LogP contribution in [0.5, 0.6) is 0 Å². The third-order valence-electron chi connectivity index (χ3n) is 4.73. The van der Waals surface area contributed by atoms with Crippen LogP contribution < -0.4 is 0 Å². The van der Waals surface area contributed by atoms with Crippen LogP contribution in [0.25, 0.3) is 0 Å². The molecule has 1 N–H and O–H groups in total. The number of hydrogen-bond donors (Lipinski definition) is 1. The SMILES string of the molecule is COCC1(O)CCOC2(CCN(C(=O)c3cccs3)CC2)C1. The number of carbonyl (C=O) groups excluding carboxylic acids is 1. The number of thiophene rings is 1. The van der Waals surface area contributed by atoms with E-state index in [0.29, 0.717) is 39.1 Å². The van der Waals surface area contributed by atoms with E-state index in [1.807, 2.05) is 22.4 Å². The number of nitrogens with zero attached hydrogens (tertiary/aromatic N) is 1. The number of rotatable bonds is 3. The van der Waals surface area contributed by atoms with Gasteiger partial charge in [-0.15, -0.1) is 11.3 Å². The van der Waals surface area contributed by atoms with E-state index in [1.54, 1.807) is 7.11 Å². The summed E-state index contributed by atoms with van der Waals surface area (Å²) in [6.45, 7) is 2.26. The fraction of sp³-hybridized carbons (Fsp3) is 0.688. The van der Waals surface area contributed by atoms with E-state index in [1.165, 1.54) is 11.3 Å². The van der Waals surface area contributed by atoms with Crippen LogP contribution in [0.4, 0.5) is 0 Å². The van der Waals surface area contributed by atoms with Gasteiger partial charge in [0.1, 0.15) is 0 Å². The second-order valence-electron chi connectivity index (χ2n) is 6.39. The minimum absolute atomic E-state index is 0.104.